The van der Waals surface area contributed by atoms with E-state index in [0.29, 0.717) is 0 Å². The number of aliphatic hydroxyl groups excluding tert-OH is 1. The van der Waals surface area contributed by atoms with E-state index in [1.54, 1.807) is 11.3 Å². The Morgan fingerprint density at radius 1 is 1.30 bits per heavy atom. The fraction of sp³-hybridized carbons (Fsp3) is 0.294. The first-order valence-corrected chi connectivity index (χ1v) is 7.60. The van der Waals surface area contributed by atoms with Crippen LogP contribution < -0.4 is 4.90 Å². The minimum absolute atomic E-state index is 0.0926. The van der Waals surface area contributed by atoms with Gasteiger partial charge in [-0.15, -0.1) is 11.3 Å². The lowest BCUT2D eigenvalue weighted by Crippen LogP contribution is -2.21. The van der Waals surface area contributed by atoms with Gasteiger partial charge in [0.05, 0.1) is 6.54 Å². The van der Waals surface area contributed by atoms with Crippen molar-refractivity contribution in [3.8, 4) is 11.8 Å². The zero-order chi connectivity index (χ0) is 14.4. The van der Waals surface area contributed by atoms with Crippen molar-refractivity contribution in [2.45, 2.75) is 20.4 Å². The number of thiophene rings is 1. The molecule has 1 aromatic heterocycles. The van der Waals surface area contributed by atoms with E-state index in [2.05, 4.69) is 60.2 Å². The Morgan fingerprint density at radius 3 is 2.85 bits per heavy atom. The highest BCUT2D eigenvalue weighted by Gasteiger charge is 2.09. The van der Waals surface area contributed by atoms with Gasteiger partial charge in [-0.3, -0.25) is 0 Å². The molecule has 0 atom stereocenters. The summed E-state index contributed by atoms with van der Waals surface area (Å²) in [6.07, 6.45) is 0. The number of nitrogens with zero attached hydrogens (tertiary/aromatic N) is 1. The Bertz CT molecular complexity index is 621. The molecular weight excluding hydrogens is 266 g/mol. The third-order valence-electron chi connectivity index (χ3n) is 3.13. The molecule has 3 heteroatoms. The van der Waals surface area contributed by atoms with Crippen LogP contribution in [0.1, 0.15) is 22.9 Å². The van der Waals surface area contributed by atoms with Gasteiger partial charge in [-0.25, -0.2) is 0 Å². The third-order valence-corrected chi connectivity index (χ3v) is 4.04. The van der Waals surface area contributed by atoms with E-state index < -0.39 is 0 Å². The molecule has 0 saturated carbocycles. The molecule has 0 bridgehead atoms. The molecule has 0 fully saturated rings. The van der Waals surface area contributed by atoms with Gasteiger partial charge in [0.15, 0.2) is 0 Å². The smallest absolute Gasteiger partial charge is 0.104 e. The van der Waals surface area contributed by atoms with Crippen molar-refractivity contribution in [1.82, 2.24) is 0 Å². The van der Waals surface area contributed by atoms with Crippen molar-refractivity contribution in [3.63, 3.8) is 0 Å². The molecule has 0 aliphatic carbocycles. The molecule has 20 heavy (non-hydrogen) atoms. The van der Waals surface area contributed by atoms with E-state index >= 15 is 0 Å². The number of hydrogen-bond donors (Lipinski definition) is 1. The van der Waals surface area contributed by atoms with Crippen molar-refractivity contribution >= 4 is 17.0 Å². The summed E-state index contributed by atoms with van der Waals surface area (Å²) in [6, 6.07) is 10.6. The molecule has 104 valence electrons. The maximum absolute atomic E-state index is 8.81. The summed E-state index contributed by atoms with van der Waals surface area (Å²) >= 11 is 1.72. The fourth-order valence-electron chi connectivity index (χ4n) is 2.09. The SMILES string of the molecule is CCN(Cc1sccc1C#CCO)c1cccc(C)c1. The number of anilines is 1. The molecule has 0 amide bonds. The largest absolute Gasteiger partial charge is 0.384 e. The summed E-state index contributed by atoms with van der Waals surface area (Å²) in [4.78, 5) is 3.58. The highest BCUT2D eigenvalue weighted by atomic mass is 32.1. The Balaban J connectivity index is 2.21. The van der Waals surface area contributed by atoms with Crippen LogP contribution in [0.3, 0.4) is 0 Å². The van der Waals surface area contributed by atoms with Crippen LogP contribution in [0.25, 0.3) is 0 Å². The van der Waals surface area contributed by atoms with Crippen LogP contribution in [0.5, 0.6) is 0 Å². The molecule has 1 N–H and O–H groups in total. The standard InChI is InChI=1S/C17H19NOS/c1-3-18(16-8-4-6-14(2)12-16)13-17-15(7-5-10-19)9-11-20-17/h4,6,8-9,11-12,19H,3,10,13H2,1-2H3. The molecule has 1 heterocycles. The van der Waals surface area contributed by atoms with Gasteiger partial charge in [-0.05, 0) is 43.0 Å². The molecule has 0 spiro atoms. The average molecular weight is 285 g/mol. The number of aryl methyl sites for hydroxylation is 1. The van der Waals surface area contributed by atoms with Gasteiger partial charge in [-0.2, -0.15) is 0 Å². The zero-order valence-electron chi connectivity index (χ0n) is 11.9. The van der Waals surface area contributed by atoms with Crippen LogP contribution in [0.2, 0.25) is 0 Å². The van der Waals surface area contributed by atoms with Crippen LogP contribution in [0.15, 0.2) is 35.7 Å². The maximum atomic E-state index is 8.81. The van der Waals surface area contributed by atoms with E-state index in [9.17, 15) is 0 Å². The van der Waals surface area contributed by atoms with Gasteiger partial charge in [0.2, 0.25) is 0 Å². The third kappa shape index (κ3) is 3.63. The van der Waals surface area contributed by atoms with Crippen molar-refractivity contribution in [1.29, 1.82) is 0 Å². The summed E-state index contributed by atoms with van der Waals surface area (Å²) in [5, 5.41) is 10.9. The fourth-order valence-corrected chi connectivity index (χ4v) is 2.94. The van der Waals surface area contributed by atoms with Gasteiger partial charge in [0.1, 0.15) is 6.61 Å². The van der Waals surface area contributed by atoms with Crippen LogP contribution >= 0.6 is 11.3 Å². The molecule has 0 aliphatic rings. The molecule has 1 aromatic carbocycles. The Hall–Kier alpha value is -1.76. The molecule has 0 aliphatic heterocycles. The molecule has 0 unspecified atom stereocenters. The highest BCUT2D eigenvalue weighted by Crippen LogP contribution is 2.23. The Kier molecular flexibility index (Phi) is 5.23. The molecular formula is C17H19NOS. The maximum Gasteiger partial charge on any atom is 0.104 e. The van der Waals surface area contributed by atoms with Gasteiger partial charge in [0, 0.05) is 22.7 Å². The second-order valence-corrected chi connectivity index (χ2v) is 5.57. The van der Waals surface area contributed by atoms with Crippen molar-refractivity contribution in [3.05, 3.63) is 51.7 Å². The first-order chi connectivity index (χ1) is 9.74. The van der Waals surface area contributed by atoms with Gasteiger partial charge in [-0.1, -0.05) is 24.0 Å². The quantitative estimate of drug-likeness (QED) is 0.870. The molecule has 2 nitrogen and oxygen atoms in total. The van der Waals surface area contributed by atoms with Crippen molar-refractivity contribution in [2.75, 3.05) is 18.1 Å². The first kappa shape index (κ1) is 14.6. The monoisotopic (exact) mass is 285 g/mol. The lowest BCUT2D eigenvalue weighted by Gasteiger charge is -2.23. The zero-order valence-corrected chi connectivity index (χ0v) is 12.7. The normalized spacial score (nSPS) is 9.95. The summed E-state index contributed by atoms with van der Waals surface area (Å²) in [5.74, 6) is 5.74. The van der Waals surface area contributed by atoms with E-state index in [0.717, 1.165) is 18.7 Å². The summed E-state index contributed by atoms with van der Waals surface area (Å²) in [5.41, 5.74) is 3.53. The Morgan fingerprint density at radius 2 is 2.15 bits per heavy atom. The molecule has 2 aromatic rings. The molecule has 0 radical (unpaired) electrons. The lowest BCUT2D eigenvalue weighted by molar-refractivity contribution is 0.350. The second kappa shape index (κ2) is 7.14. The summed E-state index contributed by atoms with van der Waals surface area (Å²) < 4.78 is 0. The predicted octanol–water partition coefficient (Wildman–Crippen LogP) is 3.43. The van der Waals surface area contributed by atoms with Crippen LogP contribution in [-0.2, 0) is 6.54 Å². The Labute approximate surface area is 124 Å². The number of hydrogen-bond acceptors (Lipinski definition) is 3. The molecule has 2 rings (SSSR count). The molecule has 0 saturated heterocycles. The average Bonchev–Trinajstić information content (AvgIpc) is 2.89. The van der Waals surface area contributed by atoms with Crippen LogP contribution in [-0.4, -0.2) is 18.3 Å². The number of rotatable bonds is 4. The second-order valence-electron chi connectivity index (χ2n) is 4.57. The summed E-state index contributed by atoms with van der Waals surface area (Å²) in [6.45, 7) is 5.99. The summed E-state index contributed by atoms with van der Waals surface area (Å²) in [7, 11) is 0. The van der Waals surface area contributed by atoms with Gasteiger partial charge >= 0.3 is 0 Å². The highest BCUT2D eigenvalue weighted by molar-refractivity contribution is 7.10. The first-order valence-electron chi connectivity index (χ1n) is 6.72. The van der Waals surface area contributed by atoms with Crippen molar-refractivity contribution in [2.24, 2.45) is 0 Å². The number of aliphatic hydroxyl groups is 1. The topological polar surface area (TPSA) is 23.5 Å². The van der Waals surface area contributed by atoms with Crippen LogP contribution in [0.4, 0.5) is 5.69 Å². The van der Waals surface area contributed by atoms with E-state index in [1.165, 1.54) is 16.1 Å². The van der Waals surface area contributed by atoms with E-state index in [-0.39, 0.29) is 6.61 Å². The number of benzene rings is 1. The minimum Gasteiger partial charge on any atom is -0.384 e. The lowest BCUT2D eigenvalue weighted by atomic mass is 10.2. The predicted molar refractivity (Wildman–Crippen MR) is 86.2 cm³/mol. The van der Waals surface area contributed by atoms with Crippen molar-refractivity contribution < 1.29 is 5.11 Å². The minimum atomic E-state index is -0.0926. The van der Waals surface area contributed by atoms with E-state index in [4.69, 9.17) is 5.11 Å². The van der Waals surface area contributed by atoms with Gasteiger partial charge < -0.3 is 10.0 Å². The van der Waals surface area contributed by atoms with E-state index in [1.807, 2.05) is 6.07 Å². The van der Waals surface area contributed by atoms with Gasteiger partial charge in [0.25, 0.3) is 0 Å². The van der Waals surface area contributed by atoms with Crippen LogP contribution in [0, 0.1) is 18.8 Å².